The van der Waals surface area contributed by atoms with E-state index < -0.39 is 7.82 Å². The van der Waals surface area contributed by atoms with Crippen molar-refractivity contribution in [1.82, 2.24) is 0 Å². The van der Waals surface area contributed by atoms with Gasteiger partial charge in [0.2, 0.25) is 0 Å². The summed E-state index contributed by atoms with van der Waals surface area (Å²) in [6, 6.07) is 0. The molecular weight excluding hydrogens is 151 g/mol. The van der Waals surface area contributed by atoms with Crippen LogP contribution in [0.2, 0.25) is 0 Å². The van der Waals surface area contributed by atoms with Crippen molar-refractivity contribution in [3.05, 3.63) is 0 Å². The molecule has 0 aliphatic heterocycles. The second-order valence-electron chi connectivity index (χ2n) is 0.909. The fraction of sp³-hybridized carbons (Fsp3) is 1.00. The van der Waals surface area contributed by atoms with Gasteiger partial charge < -0.3 is 4.89 Å². The minimum atomic E-state index is -3.75. The number of thiol groups is 1. The first-order valence-electron chi connectivity index (χ1n) is 1.76. The van der Waals surface area contributed by atoms with E-state index in [0.717, 1.165) is 7.11 Å². The summed E-state index contributed by atoms with van der Waals surface area (Å²) in [6.45, 7) is 0. The van der Waals surface area contributed by atoms with Gasteiger partial charge in [-0.2, -0.15) is 12.6 Å². The molecule has 0 aliphatic rings. The van der Waals surface area contributed by atoms with Crippen molar-refractivity contribution in [3.8, 4) is 0 Å². The molecule has 0 aromatic rings. The van der Waals surface area contributed by atoms with E-state index in [1.165, 1.54) is 0 Å². The Labute approximate surface area is 52.8 Å². The zero-order valence-electron chi connectivity index (χ0n) is 4.27. The molecule has 0 amide bonds. The molecule has 8 heavy (non-hydrogen) atoms. The molecule has 0 saturated carbocycles. The van der Waals surface area contributed by atoms with E-state index in [0.29, 0.717) is 0 Å². The fourth-order valence-corrected chi connectivity index (χ4v) is 0.815. The van der Waals surface area contributed by atoms with Crippen LogP contribution in [0.5, 0.6) is 0 Å². The topological polar surface area (TPSA) is 55.8 Å². The van der Waals surface area contributed by atoms with Crippen LogP contribution in [0.4, 0.5) is 0 Å². The first-order chi connectivity index (χ1) is 3.62. The lowest BCUT2D eigenvalue weighted by Gasteiger charge is -2.04. The van der Waals surface area contributed by atoms with E-state index in [9.17, 15) is 4.57 Å². The standard InChI is InChI=1S/C2H7O4PS/c1-5-7(3,4)6-2-8/h8H,2H2,1H3,(H,3,4). The van der Waals surface area contributed by atoms with Gasteiger partial charge in [-0.1, -0.05) is 0 Å². The van der Waals surface area contributed by atoms with Crippen LogP contribution in [-0.2, 0) is 13.6 Å². The highest BCUT2D eigenvalue weighted by Crippen LogP contribution is 2.41. The Morgan fingerprint density at radius 1 is 1.88 bits per heavy atom. The second-order valence-corrected chi connectivity index (χ2v) is 2.73. The molecule has 0 radical (unpaired) electrons. The Balaban J connectivity index is 3.55. The van der Waals surface area contributed by atoms with Crippen molar-refractivity contribution in [2.45, 2.75) is 0 Å². The molecule has 0 aromatic carbocycles. The molecule has 1 atom stereocenters. The molecular formula is C2H7O4PS. The molecule has 0 saturated heterocycles. The molecule has 0 aromatic heterocycles. The van der Waals surface area contributed by atoms with Crippen molar-refractivity contribution in [3.63, 3.8) is 0 Å². The minimum Gasteiger partial charge on any atom is -0.302 e. The van der Waals surface area contributed by atoms with E-state index in [4.69, 9.17) is 4.89 Å². The molecule has 50 valence electrons. The van der Waals surface area contributed by atoms with Gasteiger partial charge in [-0.25, -0.2) is 4.57 Å². The zero-order chi connectivity index (χ0) is 6.62. The monoisotopic (exact) mass is 158 g/mol. The van der Waals surface area contributed by atoms with Crippen LogP contribution in [-0.4, -0.2) is 17.9 Å². The predicted octanol–water partition coefficient (Wildman–Crippen LogP) is 0.637. The van der Waals surface area contributed by atoms with Gasteiger partial charge in [0.1, 0.15) is 5.94 Å². The maximum absolute atomic E-state index is 10.2. The van der Waals surface area contributed by atoms with Crippen molar-refractivity contribution in [2.24, 2.45) is 0 Å². The third-order valence-electron chi connectivity index (χ3n) is 0.452. The van der Waals surface area contributed by atoms with E-state index in [1.54, 1.807) is 0 Å². The average Bonchev–Trinajstić information content (AvgIpc) is 1.67. The summed E-state index contributed by atoms with van der Waals surface area (Å²) in [7, 11) is -2.66. The van der Waals surface area contributed by atoms with Gasteiger partial charge in [0, 0.05) is 7.11 Å². The summed E-state index contributed by atoms with van der Waals surface area (Å²) >= 11 is 3.53. The summed E-state index contributed by atoms with van der Waals surface area (Å²) < 4.78 is 18.4. The molecule has 4 nitrogen and oxygen atoms in total. The Bertz CT molecular complexity index is 104. The average molecular weight is 158 g/mol. The zero-order valence-corrected chi connectivity index (χ0v) is 6.06. The van der Waals surface area contributed by atoms with E-state index in [1.807, 2.05) is 0 Å². The summed E-state index contributed by atoms with van der Waals surface area (Å²) in [5.41, 5.74) is 0. The lowest BCUT2D eigenvalue weighted by Crippen LogP contribution is -1.87. The largest absolute Gasteiger partial charge is 0.472 e. The molecule has 0 spiro atoms. The lowest BCUT2D eigenvalue weighted by atomic mass is 11.7. The second kappa shape index (κ2) is 3.48. The van der Waals surface area contributed by atoms with Gasteiger partial charge in [-0.3, -0.25) is 9.05 Å². The summed E-state index contributed by atoms with van der Waals surface area (Å²) in [6.07, 6.45) is 0. The van der Waals surface area contributed by atoms with E-state index in [-0.39, 0.29) is 5.94 Å². The number of phosphoric acid groups is 1. The number of hydrogen-bond donors (Lipinski definition) is 2. The quantitative estimate of drug-likeness (QED) is 0.359. The Morgan fingerprint density at radius 2 is 2.38 bits per heavy atom. The normalized spacial score (nSPS) is 17.9. The van der Waals surface area contributed by atoms with E-state index >= 15 is 0 Å². The van der Waals surface area contributed by atoms with Crippen molar-refractivity contribution in [1.29, 1.82) is 0 Å². The van der Waals surface area contributed by atoms with Crippen LogP contribution in [0.15, 0.2) is 0 Å². The number of hydrogen-bond acceptors (Lipinski definition) is 4. The smallest absolute Gasteiger partial charge is 0.302 e. The highest BCUT2D eigenvalue weighted by atomic mass is 32.1. The Hall–Kier alpha value is 0.460. The van der Waals surface area contributed by atoms with Crippen LogP contribution in [0.1, 0.15) is 0 Å². The maximum Gasteiger partial charge on any atom is 0.472 e. The van der Waals surface area contributed by atoms with Crippen molar-refractivity contribution in [2.75, 3.05) is 13.0 Å². The Kier molecular flexibility index (Phi) is 3.68. The SMILES string of the molecule is COP(=O)(O)OCS. The van der Waals surface area contributed by atoms with Crippen LogP contribution in [0.3, 0.4) is 0 Å². The third kappa shape index (κ3) is 3.46. The first kappa shape index (κ1) is 8.46. The van der Waals surface area contributed by atoms with E-state index in [2.05, 4.69) is 21.7 Å². The molecule has 6 heteroatoms. The highest BCUT2D eigenvalue weighted by Gasteiger charge is 2.15. The summed E-state index contributed by atoms with van der Waals surface area (Å²) in [4.78, 5) is 8.39. The predicted molar refractivity (Wildman–Crippen MR) is 31.8 cm³/mol. The third-order valence-corrected chi connectivity index (χ3v) is 1.70. The highest BCUT2D eigenvalue weighted by molar-refractivity contribution is 7.80. The van der Waals surface area contributed by atoms with Gasteiger partial charge in [0.15, 0.2) is 0 Å². The van der Waals surface area contributed by atoms with Crippen molar-refractivity contribution >= 4 is 20.5 Å². The molecule has 0 rings (SSSR count). The van der Waals surface area contributed by atoms with Crippen LogP contribution >= 0.6 is 20.5 Å². The van der Waals surface area contributed by atoms with Gasteiger partial charge in [-0.15, -0.1) is 0 Å². The summed E-state index contributed by atoms with van der Waals surface area (Å²) in [5.74, 6) is -0.123. The molecule has 0 bridgehead atoms. The van der Waals surface area contributed by atoms with Gasteiger partial charge in [-0.05, 0) is 0 Å². The molecule has 0 aliphatic carbocycles. The summed E-state index contributed by atoms with van der Waals surface area (Å²) in [5, 5.41) is 0. The molecule has 1 unspecified atom stereocenters. The van der Waals surface area contributed by atoms with Crippen LogP contribution < -0.4 is 0 Å². The maximum atomic E-state index is 10.2. The number of rotatable bonds is 3. The van der Waals surface area contributed by atoms with Gasteiger partial charge in [0.25, 0.3) is 0 Å². The van der Waals surface area contributed by atoms with Crippen LogP contribution in [0.25, 0.3) is 0 Å². The number of phosphoric ester groups is 1. The van der Waals surface area contributed by atoms with Crippen molar-refractivity contribution < 1.29 is 18.5 Å². The first-order valence-corrected chi connectivity index (χ1v) is 3.89. The molecule has 0 fully saturated rings. The fourth-order valence-electron chi connectivity index (χ4n) is 0.126. The molecule has 1 N–H and O–H groups in total. The van der Waals surface area contributed by atoms with Crippen LogP contribution in [0, 0.1) is 0 Å². The lowest BCUT2D eigenvalue weighted by molar-refractivity contribution is 0.198. The Morgan fingerprint density at radius 3 is 2.50 bits per heavy atom. The minimum absolute atomic E-state index is 0.123. The molecule has 0 heterocycles. The van der Waals surface area contributed by atoms with Gasteiger partial charge >= 0.3 is 7.82 Å². The van der Waals surface area contributed by atoms with Gasteiger partial charge in [0.05, 0.1) is 0 Å².